The summed E-state index contributed by atoms with van der Waals surface area (Å²) in [7, 11) is 0. The van der Waals surface area contributed by atoms with Crippen molar-refractivity contribution in [2.45, 2.75) is 19.9 Å². The fraction of sp³-hybridized carbons (Fsp3) is 0.200. The van der Waals surface area contributed by atoms with Gasteiger partial charge in [0.15, 0.2) is 6.61 Å². The topological polar surface area (TPSA) is 68.5 Å². The maximum absolute atomic E-state index is 12.0. The van der Waals surface area contributed by atoms with E-state index in [1.165, 1.54) is 0 Å². The van der Waals surface area contributed by atoms with Gasteiger partial charge in [-0.15, -0.1) is 0 Å². The molecule has 0 saturated carbocycles. The van der Waals surface area contributed by atoms with Crippen LogP contribution in [0.5, 0.6) is 0 Å². The van der Waals surface area contributed by atoms with Crippen LogP contribution in [0.4, 0.5) is 0 Å². The Morgan fingerprint density at radius 3 is 2.69 bits per heavy atom. The number of carbonyl (C=O) groups is 2. The lowest BCUT2D eigenvalue weighted by Gasteiger charge is -2.06. The van der Waals surface area contributed by atoms with Crippen molar-refractivity contribution in [3.05, 3.63) is 70.4 Å². The first-order chi connectivity index (χ1) is 12.5. The summed E-state index contributed by atoms with van der Waals surface area (Å²) in [5.74, 6) is -0.837. The Labute approximate surface area is 155 Å². The average Bonchev–Trinajstić information content (AvgIpc) is 3.01. The molecule has 1 aromatic heterocycles. The summed E-state index contributed by atoms with van der Waals surface area (Å²) in [4.78, 5) is 23.8. The van der Waals surface area contributed by atoms with Gasteiger partial charge in [0.25, 0.3) is 5.91 Å². The van der Waals surface area contributed by atoms with E-state index in [1.54, 1.807) is 18.4 Å². The SMILES string of the molecule is Cc1ccc2c(CC(=O)OCC(=O)NCc3ccc(Cl)cc3)coc2c1. The van der Waals surface area contributed by atoms with Gasteiger partial charge in [-0.25, -0.2) is 0 Å². The van der Waals surface area contributed by atoms with Crippen LogP contribution < -0.4 is 5.32 Å². The molecular formula is C20H18ClNO4. The van der Waals surface area contributed by atoms with E-state index in [2.05, 4.69) is 5.32 Å². The predicted octanol–water partition coefficient (Wildman–Crippen LogP) is 3.80. The van der Waals surface area contributed by atoms with Gasteiger partial charge in [0, 0.05) is 22.5 Å². The number of rotatable bonds is 6. The molecule has 0 aliphatic heterocycles. The standard InChI is InChI=1S/C20H18ClNO4/c1-13-2-7-17-15(11-25-18(17)8-13)9-20(24)26-12-19(23)22-10-14-3-5-16(21)6-4-14/h2-8,11H,9-10,12H2,1H3,(H,22,23). The molecule has 6 heteroatoms. The normalized spacial score (nSPS) is 10.7. The van der Waals surface area contributed by atoms with E-state index in [9.17, 15) is 9.59 Å². The minimum Gasteiger partial charge on any atom is -0.464 e. The molecule has 2 aromatic carbocycles. The van der Waals surface area contributed by atoms with E-state index >= 15 is 0 Å². The molecule has 134 valence electrons. The van der Waals surface area contributed by atoms with Crippen LogP contribution in [-0.4, -0.2) is 18.5 Å². The molecule has 0 atom stereocenters. The molecule has 26 heavy (non-hydrogen) atoms. The maximum atomic E-state index is 12.0. The zero-order chi connectivity index (χ0) is 18.5. The number of hydrogen-bond donors (Lipinski definition) is 1. The predicted molar refractivity (Wildman–Crippen MR) is 98.9 cm³/mol. The lowest BCUT2D eigenvalue weighted by Crippen LogP contribution is -2.28. The molecular weight excluding hydrogens is 354 g/mol. The first kappa shape index (κ1) is 18.0. The third kappa shape index (κ3) is 4.64. The van der Waals surface area contributed by atoms with Gasteiger partial charge in [0.1, 0.15) is 5.58 Å². The monoisotopic (exact) mass is 371 g/mol. The average molecular weight is 372 g/mol. The van der Waals surface area contributed by atoms with Crippen molar-refractivity contribution in [3.63, 3.8) is 0 Å². The Morgan fingerprint density at radius 1 is 1.15 bits per heavy atom. The van der Waals surface area contributed by atoms with Crippen LogP contribution in [-0.2, 0) is 27.3 Å². The second-order valence-corrected chi connectivity index (χ2v) is 6.44. The van der Waals surface area contributed by atoms with Crippen LogP contribution in [0.2, 0.25) is 5.02 Å². The molecule has 1 heterocycles. The molecule has 1 N–H and O–H groups in total. The van der Waals surface area contributed by atoms with Gasteiger partial charge < -0.3 is 14.5 Å². The van der Waals surface area contributed by atoms with Crippen LogP contribution in [0.3, 0.4) is 0 Å². The molecule has 0 bridgehead atoms. The van der Waals surface area contributed by atoms with Gasteiger partial charge in [0.2, 0.25) is 0 Å². The summed E-state index contributed by atoms with van der Waals surface area (Å²) in [6, 6.07) is 12.9. The second-order valence-electron chi connectivity index (χ2n) is 6.00. The van der Waals surface area contributed by atoms with Gasteiger partial charge in [-0.3, -0.25) is 9.59 Å². The fourth-order valence-corrected chi connectivity index (χ4v) is 2.66. The zero-order valence-corrected chi connectivity index (χ0v) is 15.0. The smallest absolute Gasteiger partial charge is 0.310 e. The molecule has 5 nitrogen and oxygen atoms in total. The van der Waals surface area contributed by atoms with E-state index in [-0.39, 0.29) is 18.9 Å². The Kier molecular flexibility index (Phi) is 5.58. The highest BCUT2D eigenvalue weighted by molar-refractivity contribution is 6.30. The summed E-state index contributed by atoms with van der Waals surface area (Å²) in [5.41, 5.74) is 3.47. The molecule has 3 aromatic rings. The minimum atomic E-state index is -0.477. The number of aryl methyl sites for hydroxylation is 1. The summed E-state index contributed by atoms with van der Waals surface area (Å²) >= 11 is 5.81. The van der Waals surface area contributed by atoms with Crippen LogP contribution >= 0.6 is 11.6 Å². The lowest BCUT2D eigenvalue weighted by molar-refractivity contribution is -0.147. The molecule has 0 saturated heterocycles. The Morgan fingerprint density at radius 2 is 1.92 bits per heavy atom. The number of amides is 1. The summed E-state index contributed by atoms with van der Waals surface area (Å²) in [6.45, 7) is 2.00. The lowest BCUT2D eigenvalue weighted by atomic mass is 10.1. The van der Waals surface area contributed by atoms with Crippen LogP contribution in [0.1, 0.15) is 16.7 Å². The zero-order valence-electron chi connectivity index (χ0n) is 14.3. The number of furan rings is 1. The minimum absolute atomic E-state index is 0.0561. The summed E-state index contributed by atoms with van der Waals surface area (Å²) in [5, 5.41) is 4.20. The molecule has 0 spiro atoms. The number of nitrogens with one attached hydrogen (secondary N) is 1. The van der Waals surface area contributed by atoms with E-state index in [0.717, 1.165) is 27.7 Å². The van der Waals surface area contributed by atoms with Gasteiger partial charge >= 0.3 is 5.97 Å². The number of ether oxygens (including phenoxy) is 1. The van der Waals surface area contributed by atoms with Crippen LogP contribution in [0.25, 0.3) is 11.0 Å². The van der Waals surface area contributed by atoms with Crippen LogP contribution in [0.15, 0.2) is 53.1 Å². The molecule has 0 unspecified atom stereocenters. The van der Waals surface area contributed by atoms with Crippen molar-refractivity contribution in [3.8, 4) is 0 Å². The Bertz CT molecular complexity index is 931. The summed E-state index contributed by atoms with van der Waals surface area (Å²) in [6.07, 6.45) is 1.60. The third-order valence-corrected chi connectivity index (χ3v) is 4.17. The van der Waals surface area contributed by atoms with Gasteiger partial charge in [-0.05, 0) is 36.2 Å². The number of esters is 1. The van der Waals surface area contributed by atoms with Crippen molar-refractivity contribution in [1.82, 2.24) is 5.32 Å². The highest BCUT2D eigenvalue weighted by Gasteiger charge is 2.13. The summed E-state index contributed by atoms with van der Waals surface area (Å²) < 4.78 is 10.5. The van der Waals surface area contributed by atoms with Crippen LogP contribution in [0, 0.1) is 6.92 Å². The molecule has 0 fully saturated rings. The molecule has 0 aliphatic rings. The second kappa shape index (κ2) is 8.06. The third-order valence-electron chi connectivity index (χ3n) is 3.91. The quantitative estimate of drug-likeness (QED) is 0.669. The van der Waals surface area contributed by atoms with Gasteiger partial charge in [0.05, 0.1) is 12.7 Å². The van der Waals surface area contributed by atoms with E-state index in [0.29, 0.717) is 11.6 Å². The van der Waals surface area contributed by atoms with Crippen molar-refractivity contribution >= 4 is 34.4 Å². The first-order valence-corrected chi connectivity index (χ1v) is 8.52. The molecule has 0 aliphatic carbocycles. The number of benzene rings is 2. The number of carbonyl (C=O) groups excluding carboxylic acids is 2. The van der Waals surface area contributed by atoms with Gasteiger partial charge in [-0.1, -0.05) is 35.9 Å². The number of hydrogen-bond acceptors (Lipinski definition) is 4. The van der Waals surface area contributed by atoms with Crippen molar-refractivity contribution < 1.29 is 18.7 Å². The maximum Gasteiger partial charge on any atom is 0.310 e. The van der Waals surface area contributed by atoms with E-state index < -0.39 is 5.97 Å². The number of halogens is 1. The highest BCUT2D eigenvalue weighted by Crippen LogP contribution is 2.22. The molecule has 3 rings (SSSR count). The highest BCUT2D eigenvalue weighted by atomic mass is 35.5. The molecule has 1 amide bonds. The Balaban J connectivity index is 1.47. The van der Waals surface area contributed by atoms with Crippen molar-refractivity contribution in [1.29, 1.82) is 0 Å². The Hall–Kier alpha value is -2.79. The number of fused-ring (bicyclic) bond motifs is 1. The van der Waals surface area contributed by atoms with E-state index in [4.69, 9.17) is 20.8 Å². The van der Waals surface area contributed by atoms with Gasteiger partial charge in [-0.2, -0.15) is 0 Å². The van der Waals surface area contributed by atoms with Crippen molar-refractivity contribution in [2.24, 2.45) is 0 Å². The fourth-order valence-electron chi connectivity index (χ4n) is 2.53. The van der Waals surface area contributed by atoms with Crippen molar-refractivity contribution in [2.75, 3.05) is 6.61 Å². The largest absolute Gasteiger partial charge is 0.464 e. The molecule has 0 radical (unpaired) electrons. The first-order valence-electron chi connectivity index (χ1n) is 8.15. The van der Waals surface area contributed by atoms with E-state index in [1.807, 2.05) is 37.3 Å².